The molecule has 0 fully saturated rings. The average molecular weight is 277 g/mol. The largest absolute Gasteiger partial charge is 0.383 e. The van der Waals surface area contributed by atoms with Crippen LogP contribution in [0, 0.1) is 6.92 Å². The van der Waals surface area contributed by atoms with Gasteiger partial charge >= 0.3 is 0 Å². The average Bonchev–Trinajstić information content (AvgIpc) is 2.49. The predicted octanol–water partition coefficient (Wildman–Crippen LogP) is 3.17. The monoisotopic (exact) mass is 277 g/mol. The lowest BCUT2D eigenvalue weighted by Crippen LogP contribution is -1.99. The first-order valence-corrected chi connectivity index (χ1v) is 7.10. The Kier molecular flexibility index (Phi) is 3.59. The number of nitrogen functional groups attached to an aromatic ring is 1. The summed E-state index contributed by atoms with van der Waals surface area (Å²) in [7, 11) is 0. The molecule has 0 saturated carbocycles. The van der Waals surface area contributed by atoms with Gasteiger partial charge in [0.15, 0.2) is 0 Å². The number of fused-ring (bicyclic) bond motifs is 1. The molecule has 0 saturated heterocycles. The minimum absolute atomic E-state index is 0.570. The molecule has 3 heteroatoms. The van der Waals surface area contributed by atoms with Gasteiger partial charge in [0.1, 0.15) is 5.82 Å². The van der Waals surface area contributed by atoms with Crippen molar-refractivity contribution in [1.29, 1.82) is 0 Å². The topological polar surface area (TPSA) is 64.9 Å². The van der Waals surface area contributed by atoms with Crippen molar-refractivity contribution < 1.29 is 0 Å². The number of nitrogens with zero attached hydrogens (tertiary/aromatic N) is 1. The zero-order valence-corrected chi connectivity index (χ0v) is 12.1. The SMILES string of the molecule is Cc1cc2c(Cc3cccc(CN)c3)cccc2nc1N. The standard InChI is InChI=1S/C18H19N3/c1-12-8-16-15(6-3-7-17(16)21-18(12)20)10-13-4-2-5-14(9-13)11-19/h2-9H,10-11,19H2,1H3,(H2,20,21). The molecule has 0 amide bonds. The van der Waals surface area contributed by atoms with Crippen molar-refractivity contribution in [3.8, 4) is 0 Å². The van der Waals surface area contributed by atoms with Crippen LogP contribution in [0.4, 0.5) is 5.82 Å². The van der Waals surface area contributed by atoms with Crippen molar-refractivity contribution in [1.82, 2.24) is 4.98 Å². The van der Waals surface area contributed by atoms with Gasteiger partial charge in [-0.15, -0.1) is 0 Å². The first kappa shape index (κ1) is 13.6. The maximum Gasteiger partial charge on any atom is 0.127 e. The lowest BCUT2D eigenvalue weighted by atomic mass is 9.98. The van der Waals surface area contributed by atoms with Crippen LogP contribution in [0.3, 0.4) is 0 Å². The molecule has 3 nitrogen and oxygen atoms in total. The van der Waals surface area contributed by atoms with Gasteiger partial charge in [-0.25, -0.2) is 4.98 Å². The van der Waals surface area contributed by atoms with E-state index >= 15 is 0 Å². The van der Waals surface area contributed by atoms with Gasteiger partial charge in [-0.05, 0) is 47.7 Å². The van der Waals surface area contributed by atoms with E-state index in [-0.39, 0.29) is 0 Å². The Bertz CT molecular complexity index is 794. The van der Waals surface area contributed by atoms with Crippen molar-refractivity contribution in [2.75, 3.05) is 5.73 Å². The first-order valence-electron chi connectivity index (χ1n) is 7.10. The normalized spacial score (nSPS) is 11.0. The smallest absolute Gasteiger partial charge is 0.127 e. The summed E-state index contributed by atoms with van der Waals surface area (Å²) >= 11 is 0. The molecular formula is C18H19N3. The Labute approximate surface area is 124 Å². The summed E-state index contributed by atoms with van der Waals surface area (Å²) in [5, 5.41) is 1.17. The second-order valence-electron chi connectivity index (χ2n) is 5.38. The fraction of sp³-hybridized carbons (Fsp3) is 0.167. The predicted molar refractivity (Wildman–Crippen MR) is 88.0 cm³/mol. The number of rotatable bonds is 3. The lowest BCUT2D eigenvalue weighted by Gasteiger charge is -2.09. The molecule has 3 rings (SSSR count). The molecule has 106 valence electrons. The summed E-state index contributed by atoms with van der Waals surface area (Å²) in [5.41, 5.74) is 17.3. The summed E-state index contributed by atoms with van der Waals surface area (Å²) in [6.07, 6.45) is 0.871. The molecule has 0 bridgehead atoms. The fourth-order valence-electron chi connectivity index (χ4n) is 2.61. The van der Waals surface area contributed by atoms with E-state index in [1.807, 2.05) is 19.1 Å². The van der Waals surface area contributed by atoms with Gasteiger partial charge in [0, 0.05) is 11.9 Å². The Morgan fingerprint density at radius 3 is 2.57 bits per heavy atom. The number of nitrogens with two attached hydrogens (primary N) is 2. The van der Waals surface area contributed by atoms with Gasteiger partial charge < -0.3 is 11.5 Å². The van der Waals surface area contributed by atoms with Crippen molar-refractivity contribution in [3.05, 3.63) is 70.8 Å². The van der Waals surface area contributed by atoms with E-state index in [0.717, 1.165) is 23.1 Å². The van der Waals surface area contributed by atoms with Crippen molar-refractivity contribution in [2.45, 2.75) is 19.9 Å². The van der Waals surface area contributed by atoms with E-state index in [1.165, 1.54) is 16.5 Å². The number of aryl methyl sites for hydroxylation is 1. The van der Waals surface area contributed by atoms with E-state index in [4.69, 9.17) is 11.5 Å². The number of hydrogen-bond donors (Lipinski definition) is 2. The van der Waals surface area contributed by atoms with Crippen LogP contribution in [-0.4, -0.2) is 4.98 Å². The van der Waals surface area contributed by atoms with E-state index in [1.54, 1.807) is 0 Å². The third-order valence-electron chi connectivity index (χ3n) is 3.80. The first-order chi connectivity index (χ1) is 10.2. The summed E-state index contributed by atoms with van der Waals surface area (Å²) in [5.74, 6) is 0.602. The maximum atomic E-state index is 5.90. The van der Waals surface area contributed by atoms with Crippen molar-refractivity contribution in [2.24, 2.45) is 5.73 Å². The van der Waals surface area contributed by atoms with E-state index in [9.17, 15) is 0 Å². The van der Waals surface area contributed by atoms with Crippen LogP contribution >= 0.6 is 0 Å². The number of hydrogen-bond acceptors (Lipinski definition) is 3. The maximum absolute atomic E-state index is 5.90. The van der Waals surface area contributed by atoms with Gasteiger partial charge in [0.2, 0.25) is 0 Å². The number of aromatic nitrogens is 1. The van der Waals surface area contributed by atoms with Gasteiger partial charge in [-0.1, -0.05) is 36.4 Å². The number of pyridine rings is 1. The van der Waals surface area contributed by atoms with Crippen LogP contribution in [0.5, 0.6) is 0 Å². The molecule has 1 aromatic heterocycles. The highest BCUT2D eigenvalue weighted by Gasteiger charge is 2.06. The molecule has 21 heavy (non-hydrogen) atoms. The van der Waals surface area contributed by atoms with Crippen LogP contribution in [0.25, 0.3) is 10.9 Å². The highest BCUT2D eigenvalue weighted by molar-refractivity contribution is 5.85. The third-order valence-corrected chi connectivity index (χ3v) is 3.80. The molecule has 0 atom stereocenters. The molecule has 3 aromatic rings. The van der Waals surface area contributed by atoms with Crippen LogP contribution in [0.15, 0.2) is 48.5 Å². The van der Waals surface area contributed by atoms with Crippen LogP contribution in [0.2, 0.25) is 0 Å². The second-order valence-corrected chi connectivity index (χ2v) is 5.38. The van der Waals surface area contributed by atoms with E-state index < -0.39 is 0 Å². The second kappa shape index (κ2) is 5.54. The van der Waals surface area contributed by atoms with Crippen LogP contribution in [-0.2, 0) is 13.0 Å². The minimum atomic E-state index is 0.570. The van der Waals surface area contributed by atoms with E-state index in [2.05, 4.69) is 41.4 Å². The fourth-order valence-corrected chi connectivity index (χ4v) is 2.61. The highest BCUT2D eigenvalue weighted by Crippen LogP contribution is 2.23. The van der Waals surface area contributed by atoms with Crippen molar-refractivity contribution in [3.63, 3.8) is 0 Å². The zero-order chi connectivity index (χ0) is 14.8. The number of anilines is 1. The molecule has 0 unspecified atom stereocenters. The number of benzene rings is 2. The lowest BCUT2D eigenvalue weighted by molar-refractivity contribution is 1.06. The molecule has 2 aromatic carbocycles. The third kappa shape index (κ3) is 2.73. The van der Waals surface area contributed by atoms with Gasteiger partial charge in [-0.2, -0.15) is 0 Å². The Morgan fingerprint density at radius 2 is 1.76 bits per heavy atom. The summed E-state index contributed by atoms with van der Waals surface area (Å²) in [4.78, 5) is 4.47. The molecular weight excluding hydrogens is 258 g/mol. The van der Waals surface area contributed by atoms with Crippen LogP contribution < -0.4 is 11.5 Å². The zero-order valence-electron chi connectivity index (χ0n) is 12.1. The van der Waals surface area contributed by atoms with Crippen LogP contribution in [0.1, 0.15) is 22.3 Å². The quantitative estimate of drug-likeness (QED) is 0.772. The molecule has 0 aliphatic heterocycles. The van der Waals surface area contributed by atoms with Gasteiger partial charge in [0.25, 0.3) is 0 Å². The molecule has 4 N–H and O–H groups in total. The summed E-state index contributed by atoms with van der Waals surface area (Å²) in [6, 6.07) is 16.7. The Morgan fingerprint density at radius 1 is 1.00 bits per heavy atom. The summed E-state index contributed by atoms with van der Waals surface area (Å²) in [6.45, 7) is 2.56. The van der Waals surface area contributed by atoms with Crippen molar-refractivity contribution >= 4 is 16.7 Å². The molecule has 0 spiro atoms. The Balaban J connectivity index is 2.05. The Hall–Kier alpha value is -2.39. The molecule has 0 aliphatic rings. The van der Waals surface area contributed by atoms with Gasteiger partial charge in [0.05, 0.1) is 5.52 Å². The van der Waals surface area contributed by atoms with E-state index in [0.29, 0.717) is 12.4 Å². The highest BCUT2D eigenvalue weighted by atomic mass is 14.8. The molecule has 0 aliphatic carbocycles. The summed E-state index contributed by atoms with van der Waals surface area (Å²) < 4.78 is 0. The van der Waals surface area contributed by atoms with Gasteiger partial charge in [-0.3, -0.25) is 0 Å². The minimum Gasteiger partial charge on any atom is -0.383 e. The molecule has 1 heterocycles. The molecule has 0 radical (unpaired) electrons.